The van der Waals surface area contributed by atoms with Crippen LogP contribution in [0.3, 0.4) is 0 Å². The maximum absolute atomic E-state index is 12.1. The first-order chi connectivity index (χ1) is 9.47. The van der Waals surface area contributed by atoms with Gasteiger partial charge in [-0.15, -0.1) is 11.3 Å². The molecule has 20 heavy (non-hydrogen) atoms. The fraction of sp³-hybridized carbons (Fsp3) is 0.538. The molecule has 1 fully saturated rings. The van der Waals surface area contributed by atoms with E-state index in [0.29, 0.717) is 12.8 Å². The van der Waals surface area contributed by atoms with E-state index in [1.807, 2.05) is 30.4 Å². The largest absolute Gasteiger partial charge is 0.342 e. The Kier molecular flexibility index (Phi) is 5.17. The van der Waals surface area contributed by atoms with Gasteiger partial charge in [0.1, 0.15) is 12.1 Å². The van der Waals surface area contributed by atoms with Crippen molar-refractivity contribution in [3.8, 4) is 0 Å². The van der Waals surface area contributed by atoms with Crippen molar-refractivity contribution in [3.05, 3.63) is 20.8 Å². The molecule has 0 aromatic carbocycles. The minimum absolute atomic E-state index is 0.0934. The van der Waals surface area contributed by atoms with Gasteiger partial charge in [0.05, 0.1) is 0 Å². The van der Waals surface area contributed by atoms with Crippen molar-refractivity contribution in [2.24, 2.45) is 0 Å². The Hall–Kier alpha value is -0.920. The van der Waals surface area contributed by atoms with Crippen LogP contribution in [-0.2, 0) is 16.0 Å². The molecule has 0 aliphatic carbocycles. The lowest BCUT2D eigenvalue weighted by atomic mass is 10.0. The molecule has 1 aromatic rings. The van der Waals surface area contributed by atoms with Crippen LogP contribution in [0.15, 0.2) is 15.9 Å². The second kappa shape index (κ2) is 6.69. The van der Waals surface area contributed by atoms with E-state index in [-0.39, 0.29) is 11.8 Å². The van der Waals surface area contributed by atoms with E-state index in [0.717, 1.165) is 15.9 Å². The summed E-state index contributed by atoms with van der Waals surface area (Å²) in [6.07, 6.45) is 1.15. The van der Waals surface area contributed by atoms with Crippen LogP contribution in [0.25, 0.3) is 0 Å². The summed E-state index contributed by atoms with van der Waals surface area (Å²) in [6.45, 7) is 0.763. The molecule has 110 valence electrons. The number of rotatable bonds is 5. The third kappa shape index (κ3) is 3.80. The number of amides is 2. The van der Waals surface area contributed by atoms with Crippen LogP contribution in [0.2, 0.25) is 0 Å². The van der Waals surface area contributed by atoms with Gasteiger partial charge in [-0.3, -0.25) is 9.59 Å². The quantitative estimate of drug-likeness (QED) is 0.823. The van der Waals surface area contributed by atoms with E-state index < -0.39 is 12.1 Å². The van der Waals surface area contributed by atoms with E-state index in [9.17, 15) is 9.59 Å². The Bertz CT molecular complexity index is 504. The number of nitrogens with one attached hydrogen (secondary N) is 2. The van der Waals surface area contributed by atoms with Crippen molar-refractivity contribution in [3.63, 3.8) is 0 Å². The summed E-state index contributed by atoms with van der Waals surface area (Å²) >= 11 is 5.02. The van der Waals surface area contributed by atoms with Gasteiger partial charge in [-0.2, -0.15) is 0 Å². The van der Waals surface area contributed by atoms with Gasteiger partial charge in [0.15, 0.2) is 0 Å². The monoisotopic (exact) mass is 359 g/mol. The van der Waals surface area contributed by atoms with Gasteiger partial charge in [0, 0.05) is 15.8 Å². The Balaban J connectivity index is 1.94. The molecule has 1 unspecified atom stereocenters. The van der Waals surface area contributed by atoms with E-state index >= 15 is 0 Å². The van der Waals surface area contributed by atoms with E-state index in [2.05, 4.69) is 26.6 Å². The zero-order valence-corrected chi connectivity index (χ0v) is 13.9. The second-order valence-electron chi connectivity index (χ2n) is 5.11. The molecule has 7 heteroatoms. The van der Waals surface area contributed by atoms with Gasteiger partial charge in [-0.1, -0.05) is 0 Å². The van der Waals surface area contributed by atoms with Crippen LogP contribution in [0.5, 0.6) is 0 Å². The fourth-order valence-corrected chi connectivity index (χ4v) is 3.63. The zero-order chi connectivity index (χ0) is 14.7. The molecule has 5 nitrogen and oxygen atoms in total. The summed E-state index contributed by atoms with van der Waals surface area (Å²) in [4.78, 5) is 27.2. The van der Waals surface area contributed by atoms with Crippen molar-refractivity contribution in [2.75, 3.05) is 20.6 Å². The Morgan fingerprint density at radius 2 is 1.90 bits per heavy atom. The Morgan fingerprint density at radius 3 is 2.50 bits per heavy atom. The lowest BCUT2D eigenvalue weighted by Gasteiger charge is -2.30. The Morgan fingerprint density at radius 1 is 1.25 bits per heavy atom. The standard InChI is InChI=1S/C13H18BrN3O2S/c1-17(2)5-3-9-12(18)16-10(13(19)15-9)7-11-8(14)4-6-20-11/h4,6,9-10H,3,5,7H2,1-2H3,(H,15,19)(H,16,18)/t9?,10-/m0/s1. The SMILES string of the molecule is CN(C)CCC1NC(=O)[C@H](Cc2sccc2Br)NC1=O. The number of halogens is 1. The van der Waals surface area contributed by atoms with Crippen LogP contribution in [0.1, 0.15) is 11.3 Å². The molecule has 2 heterocycles. The predicted octanol–water partition coefficient (Wildman–Crippen LogP) is 0.988. The number of carbonyl (C=O) groups excluding carboxylic acids is 2. The van der Waals surface area contributed by atoms with Crippen LogP contribution in [0.4, 0.5) is 0 Å². The first-order valence-corrected chi connectivity index (χ1v) is 8.12. The van der Waals surface area contributed by atoms with Crippen molar-refractivity contribution in [2.45, 2.75) is 24.9 Å². The molecule has 1 saturated heterocycles. The van der Waals surface area contributed by atoms with E-state index in [1.165, 1.54) is 0 Å². The van der Waals surface area contributed by atoms with Gasteiger partial charge in [-0.25, -0.2) is 0 Å². The van der Waals surface area contributed by atoms with Crippen LogP contribution in [-0.4, -0.2) is 49.4 Å². The van der Waals surface area contributed by atoms with Gasteiger partial charge >= 0.3 is 0 Å². The first kappa shape index (κ1) is 15.5. The normalized spacial score (nSPS) is 22.8. The van der Waals surface area contributed by atoms with Crippen LogP contribution >= 0.6 is 27.3 Å². The second-order valence-corrected chi connectivity index (χ2v) is 6.97. The van der Waals surface area contributed by atoms with Crippen molar-refractivity contribution >= 4 is 39.1 Å². The summed E-state index contributed by atoms with van der Waals surface area (Å²) < 4.78 is 0.985. The number of thiophene rings is 1. The molecule has 1 aliphatic rings. The van der Waals surface area contributed by atoms with Gasteiger partial charge in [-0.05, 0) is 54.4 Å². The number of hydrogen-bond donors (Lipinski definition) is 2. The van der Waals surface area contributed by atoms with Gasteiger partial charge in [0.25, 0.3) is 0 Å². The molecule has 2 rings (SSSR count). The van der Waals surface area contributed by atoms with Crippen molar-refractivity contribution < 1.29 is 9.59 Å². The average molecular weight is 360 g/mol. The lowest BCUT2D eigenvalue weighted by Crippen LogP contribution is -2.62. The summed E-state index contributed by atoms with van der Waals surface area (Å²) in [7, 11) is 3.89. The molecule has 0 spiro atoms. The maximum atomic E-state index is 12.1. The molecule has 2 amide bonds. The van der Waals surface area contributed by atoms with Gasteiger partial charge < -0.3 is 15.5 Å². The molecule has 1 aliphatic heterocycles. The summed E-state index contributed by atoms with van der Waals surface area (Å²) in [5, 5.41) is 7.60. The molecular formula is C13H18BrN3O2S. The van der Waals surface area contributed by atoms with Crippen molar-refractivity contribution in [1.29, 1.82) is 0 Å². The topological polar surface area (TPSA) is 61.4 Å². The molecule has 1 aromatic heterocycles. The third-order valence-electron chi connectivity index (χ3n) is 3.21. The highest BCUT2D eigenvalue weighted by atomic mass is 79.9. The highest BCUT2D eigenvalue weighted by Crippen LogP contribution is 2.24. The average Bonchev–Trinajstić information content (AvgIpc) is 2.77. The van der Waals surface area contributed by atoms with Crippen LogP contribution in [0, 0.1) is 0 Å². The van der Waals surface area contributed by atoms with E-state index in [4.69, 9.17) is 0 Å². The number of piperazine rings is 1. The predicted molar refractivity (Wildman–Crippen MR) is 82.8 cm³/mol. The summed E-state index contributed by atoms with van der Waals surface area (Å²) in [5.41, 5.74) is 0. The third-order valence-corrected chi connectivity index (χ3v) is 5.16. The zero-order valence-electron chi connectivity index (χ0n) is 11.5. The smallest absolute Gasteiger partial charge is 0.243 e. The van der Waals surface area contributed by atoms with Crippen molar-refractivity contribution in [1.82, 2.24) is 15.5 Å². The fourth-order valence-electron chi connectivity index (χ4n) is 2.07. The molecule has 0 radical (unpaired) electrons. The van der Waals surface area contributed by atoms with Crippen LogP contribution < -0.4 is 10.6 Å². The first-order valence-electron chi connectivity index (χ1n) is 6.44. The number of nitrogens with zero attached hydrogens (tertiary/aromatic N) is 1. The van der Waals surface area contributed by atoms with Gasteiger partial charge in [0.2, 0.25) is 11.8 Å². The lowest BCUT2D eigenvalue weighted by molar-refractivity contribution is -0.136. The number of hydrogen-bond acceptors (Lipinski definition) is 4. The molecule has 0 bridgehead atoms. The minimum atomic E-state index is -0.479. The maximum Gasteiger partial charge on any atom is 0.243 e. The summed E-state index contributed by atoms with van der Waals surface area (Å²) in [5.74, 6) is -0.196. The molecule has 2 atom stereocenters. The highest BCUT2D eigenvalue weighted by molar-refractivity contribution is 9.10. The molecule has 2 N–H and O–H groups in total. The number of carbonyl (C=O) groups is 2. The molecular weight excluding hydrogens is 342 g/mol. The summed E-state index contributed by atoms with van der Waals surface area (Å²) in [6, 6.07) is 1.04. The van der Waals surface area contributed by atoms with E-state index in [1.54, 1.807) is 11.3 Å². The highest BCUT2D eigenvalue weighted by Gasteiger charge is 2.33. The minimum Gasteiger partial charge on any atom is -0.342 e. The molecule has 0 saturated carbocycles. The Labute approximate surface area is 130 Å².